The Morgan fingerprint density at radius 2 is 1.68 bits per heavy atom. The maximum Gasteiger partial charge on any atom is 0.388 e. The molecule has 1 aliphatic heterocycles. The van der Waals surface area contributed by atoms with Gasteiger partial charge >= 0.3 is 6.18 Å². The van der Waals surface area contributed by atoms with Crippen LogP contribution in [0.15, 0.2) is 24.3 Å². The van der Waals surface area contributed by atoms with Crippen LogP contribution >= 0.6 is 0 Å². The van der Waals surface area contributed by atoms with Gasteiger partial charge in [0.05, 0.1) is 6.61 Å². The largest absolute Gasteiger partial charge is 0.388 e. The molecule has 1 aliphatic rings. The smallest absolute Gasteiger partial charge is 0.380 e. The molecule has 6 heteroatoms. The summed E-state index contributed by atoms with van der Waals surface area (Å²) in [6.07, 6.45) is -2.15. The minimum atomic E-state index is -4.24. The molecule has 2 nitrogen and oxygen atoms in total. The molecule has 0 bridgehead atoms. The summed E-state index contributed by atoms with van der Waals surface area (Å²) in [7, 11) is 1.38. The Kier molecular flexibility index (Phi) is 8.88. The van der Waals surface area contributed by atoms with Gasteiger partial charge in [-0.05, 0) is 48.9 Å². The van der Waals surface area contributed by atoms with E-state index >= 15 is 0 Å². The van der Waals surface area contributed by atoms with Crippen molar-refractivity contribution in [1.29, 1.82) is 0 Å². The topological polar surface area (TPSA) is 12.5 Å². The van der Waals surface area contributed by atoms with Crippen molar-refractivity contribution in [3.05, 3.63) is 35.4 Å². The average Bonchev–Trinajstić information content (AvgIpc) is 2.63. The number of ether oxygens (including phenoxy) is 1. The first-order valence-electron chi connectivity index (χ1n) is 10.5. The second-order valence-electron chi connectivity index (χ2n) is 8.71. The zero-order chi connectivity index (χ0) is 20.7. The summed E-state index contributed by atoms with van der Waals surface area (Å²) < 4.78 is 45.8. The molecule has 0 N–H and O–H groups in total. The first kappa shape index (κ1) is 23.3. The fourth-order valence-corrected chi connectivity index (χ4v) is 3.77. The van der Waals surface area contributed by atoms with Gasteiger partial charge in [-0.1, -0.05) is 57.8 Å². The molecular formula is C22H34BF3NO. The lowest BCUT2D eigenvalue weighted by molar-refractivity contribution is -0.132. The van der Waals surface area contributed by atoms with Gasteiger partial charge in [-0.3, -0.25) is 0 Å². The van der Waals surface area contributed by atoms with Crippen LogP contribution in [-0.2, 0) is 4.74 Å². The lowest BCUT2D eigenvalue weighted by Gasteiger charge is -2.32. The standard InChI is InChI=1S/C22H34BF3NO/c1-16(2)15-28-14-13-27-11-9-19(10-12-27)18-5-7-20(8-6-18)21(22(24,25)26)23-17(3)4/h5-8,16-17,19,21H,9-15H2,1-4H3. The van der Waals surface area contributed by atoms with E-state index in [0.29, 0.717) is 17.4 Å². The fraction of sp³-hybridized carbons (Fsp3) is 0.727. The van der Waals surface area contributed by atoms with E-state index in [-0.39, 0.29) is 5.82 Å². The summed E-state index contributed by atoms with van der Waals surface area (Å²) in [6, 6.07) is 7.12. The highest BCUT2D eigenvalue weighted by Crippen LogP contribution is 2.37. The molecule has 157 valence electrons. The highest BCUT2D eigenvalue weighted by molar-refractivity contribution is 6.40. The highest BCUT2D eigenvalue weighted by Gasteiger charge is 2.41. The van der Waals surface area contributed by atoms with Crippen LogP contribution in [0.2, 0.25) is 5.82 Å². The van der Waals surface area contributed by atoms with E-state index in [1.165, 1.54) is 7.28 Å². The van der Waals surface area contributed by atoms with E-state index in [1.54, 1.807) is 26.0 Å². The van der Waals surface area contributed by atoms with Gasteiger partial charge in [0, 0.05) is 19.0 Å². The van der Waals surface area contributed by atoms with Crippen molar-refractivity contribution < 1.29 is 17.9 Å². The Morgan fingerprint density at radius 1 is 1.07 bits per heavy atom. The summed E-state index contributed by atoms with van der Waals surface area (Å²) in [5.41, 5.74) is 1.50. The van der Waals surface area contributed by atoms with Crippen LogP contribution < -0.4 is 0 Å². The van der Waals surface area contributed by atoms with Crippen molar-refractivity contribution in [3.63, 3.8) is 0 Å². The summed E-state index contributed by atoms with van der Waals surface area (Å²) in [5.74, 6) is -0.613. The van der Waals surface area contributed by atoms with Crippen molar-refractivity contribution in [2.24, 2.45) is 5.92 Å². The number of hydrogen-bond donors (Lipinski definition) is 0. The quantitative estimate of drug-likeness (QED) is 0.394. The van der Waals surface area contributed by atoms with Crippen LogP contribution in [0.5, 0.6) is 0 Å². The Balaban J connectivity index is 1.87. The van der Waals surface area contributed by atoms with Crippen molar-refractivity contribution in [2.45, 2.75) is 64.3 Å². The third-order valence-corrected chi connectivity index (χ3v) is 5.29. The number of alkyl halides is 3. The molecule has 1 aromatic carbocycles. The third-order valence-electron chi connectivity index (χ3n) is 5.29. The lowest BCUT2D eigenvalue weighted by atomic mass is 9.53. The minimum Gasteiger partial charge on any atom is -0.380 e. The molecule has 2 rings (SSSR count). The third kappa shape index (κ3) is 7.44. The molecule has 1 fully saturated rings. The van der Waals surface area contributed by atoms with Crippen molar-refractivity contribution in [1.82, 2.24) is 4.90 Å². The molecule has 0 saturated carbocycles. The molecule has 0 aliphatic carbocycles. The van der Waals surface area contributed by atoms with Gasteiger partial charge in [0.15, 0.2) is 0 Å². The van der Waals surface area contributed by atoms with E-state index in [9.17, 15) is 13.2 Å². The SMILES string of the molecule is CC(C)[B]C(c1ccc(C2CCN(CCOCC(C)C)CC2)cc1)C(F)(F)F. The summed E-state index contributed by atoms with van der Waals surface area (Å²) in [5, 5.41) is 0. The number of nitrogens with zero attached hydrogens (tertiary/aromatic N) is 1. The molecule has 0 amide bonds. The molecule has 0 spiro atoms. The predicted molar refractivity (Wildman–Crippen MR) is 110 cm³/mol. The second kappa shape index (κ2) is 10.7. The lowest BCUT2D eigenvalue weighted by Crippen LogP contribution is -2.35. The van der Waals surface area contributed by atoms with Gasteiger partial charge in [0.2, 0.25) is 0 Å². The molecule has 0 aromatic heterocycles. The van der Waals surface area contributed by atoms with Crippen LogP contribution in [-0.4, -0.2) is 51.2 Å². The Morgan fingerprint density at radius 3 is 2.18 bits per heavy atom. The number of hydrogen-bond acceptors (Lipinski definition) is 2. The number of piperidine rings is 1. The Bertz CT molecular complexity index is 566. The fourth-order valence-electron chi connectivity index (χ4n) is 3.77. The molecule has 1 saturated heterocycles. The van der Waals surface area contributed by atoms with E-state index < -0.39 is 12.0 Å². The number of halogens is 3. The van der Waals surface area contributed by atoms with Gasteiger partial charge in [-0.25, -0.2) is 0 Å². The predicted octanol–water partition coefficient (Wildman–Crippen LogP) is 5.67. The highest BCUT2D eigenvalue weighted by atomic mass is 19.4. The van der Waals surface area contributed by atoms with E-state index in [2.05, 4.69) is 18.7 Å². The van der Waals surface area contributed by atoms with Crippen LogP contribution in [0.4, 0.5) is 13.2 Å². The van der Waals surface area contributed by atoms with E-state index in [0.717, 1.165) is 51.3 Å². The minimum absolute atomic E-state index is 0.111. The number of rotatable bonds is 9. The first-order chi connectivity index (χ1) is 13.2. The molecular weight excluding hydrogens is 362 g/mol. The zero-order valence-electron chi connectivity index (χ0n) is 17.6. The Labute approximate surface area is 169 Å². The van der Waals surface area contributed by atoms with Crippen LogP contribution in [0.3, 0.4) is 0 Å². The van der Waals surface area contributed by atoms with Gasteiger partial charge in [-0.2, -0.15) is 13.2 Å². The molecule has 1 atom stereocenters. The number of benzene rings is 1. The first-order valence-corrected chi connectivity index (χ1v) is 10.5. The summed E-state index contributed by atoms with van der Waals surface area (Å²) in [6.45, 7) is 12.4. The van der Waals surface area contributed by atoms with Crippen molar-refractivity contribution in [3.8, 4) is 0 Å². The molecule has 1 heterocycles. The molecule has 1 unspecified atom stereocenters. The van der Waals surface area contributed by atoms with Crippen LogP contribution in [0, 0.1) is 5.92 Å². The average molecular weight is 396 g/mol. The van der Waals surface area contributed by atoms with Gasteiger partial charge < -0.3 is 9.64 Å². The van der Waals surface area contributed by atoms with Gasteiger partial charge in [-0.15, -0.1) is 0 Å². The maximum absolute atomic E-state index is 13.4. The van der Waals surface area contributed by atoms with Gasteiger partial charge in [0.1, 0.15) is 7.28 Å². The van der Waals surface area contributed by atoms with E-state index in [1.807, 2.05) is 12.1 Å². The maximum atomic E-state index is 13.4. The summed E-state index contributed by atoms with van der Waals surface area (Å²) >= 11 is 0. The number of likely N-dealkylation sites (tertiary alicyclic amines) is 1. The van der Waals surface area contributed by atoms with E-state index in [4.69, 9.17) is 4.74 Å². The van der Waals surface area contributed by atoms with Crippen molar-refractivity contribution >= 4 is 7.28 Å². The molecule has 28 heavy (non-hydrogen) atoms. The molecule has 1 aromatic rings. The van der Waals surface area contributed by atoms with Crippen LogP contribution in [0.1, 0.15) is 63.4 Å². The zero-order valence-corrected chi connectivity index (χ0v) is 17.6. The van der Waals surface area contributed by atoms with Crippen LogP contribution in [0.25, 0.3) is 0 Å². The second-order valence-corrected chi connectivity index (χ2v) is 8.71. The normalized spacial score (nSPS) is 18.0. The molecule has 1 radical (unpaired) electrons. The summed E-state index contributed by atoms with van der Waals surface area (Å²) in [4.78, 5) is 2.42. The van der Waals surface area contributed by atoms with Crippen molar-refractivity contribution in [2.75, 3.05) is 32.8 Å². The Hall–Kier alpha value is -1.01. The monoisotopic (exact) mass is 396 g/mol. The van der Waals surface area contributed by atoms with Gasteiger partial charge in [0.25, 0.3) is 0 Å².